The molecule has 1 fully saturated rings. The lowest BCUT2D eigenvalue weighted by atomic mass is 9.90. The van der Waals surface area contributed by atoms with Crippen molar-refractivity contribution in [3.8, 4) is 0 Å². The molecule has 7 nitrogen and oxygen atoms in total. The van der Waals surface area contributed by atoms with Gasteiger partial charge in [0, 0.05) is 44.1 Å². The van der Waals surface area contributed by atoms with Crippen molar-refractivity contribution in [1.82, 2.24) is 20.1 Å². The molecule has 3 atom stereocenters. The Hall–Kier alpha value is -3.68. The van der Waals surface area contributed by atoms with Crippen LogP contribution in [0.5, 0.6) is 0 Å². The first kappa shape index (κ1) is 27.9. The SMILES string of the molecule is CN(c1cc2c(c(C(F)(F)F)c1)CN(c1cccc([C@@](C)(F)C(F)(F)c3nncn3C)c1)C2=O)[C@H]1CNC[C@@H]1F. The van der Waals surface area contributed by atoms with Gasteiger partial charge in [-0.05, 0) is 42.3 Å². The number of carbonyl (C=O) groups excluding carboxylic acids is 1. The third-order valence-corrected chi connectivity index (χ3v) is 7.63. The molecule has 40 heavy (non-hydrogen) atoms. The van der Waals surface area contributed by atoms with E-state index in [2.05, 4.69) is 15.5 Å². The van der Waals surface area contributed by atoms with Gasteiger partial charge in [-0.3, -0.25) is 4.79 Å². The van der Waals surface area contributed by atoms with Gasteiger partial charge in [-0.2, -0.15) is 22.0 Å². The van der Waals surface area contributed by atoms with Crippen LogP contribution in [-0.4, -0.2) is 53.0 Å². The zero-order chi connectivity index (χ0) is 29.2. The molecule has 214 valence electrons. The maximum atomic E-state index is 15.8. The molecular formula is C26H25F7N6O. The first-order valence-corrected chi connectivity index (χ1v) is 12.3. The third kappa shape index (κ3) is 4.38. The minimum Gasteiger partial charge on any atom is -0.367 e. The number of anilines is 2. The number of carbonyl (C=O) groups is 1. The van der Waals surface area contributed by atoms with Crippen LogP contribution in [0.25, 0.3) is 0 Å². The highest BCUT2D eigenvalue weighted by Gasteiger charge is 2.57. The number of rotatable bonds is 6. The second kappa shape index (κ2) is 9.46. The number of hydrogen-bond donors (Lipinski definition) is 1. The smallest absolute Gasteiger partial charge is 0.367 e. The Bertz CT molecular complexity index is 1450. The van der Waals surface area contributed by atoms with E-state index >= 15 is 13.2 Å². The lowest BCUT2D eigenvalue weighted by molar-refractivity contribution is -0.149. The second-order valence-electron chi connectivity index (χ2n) is 10.2. The van der Waals surface area contributed by atoms with Gasteiger partial charge >= 0.3 is 12.1 Å². The van der Waals surface area contributed by atoms with E-state index in [-0.39, 0.29) is 35.6 Å². The summed E-state index contributed by atoms with van der Waals surface area (Å²) in [6.45, 7) is 0.402. The summed E-state index contributed by atoms with van der Waals surface area (Å²) in [5.41, 5.74) is -5.52. The Morgan fingerprint density at radius 3 is 2.40 bits per heavy atom. The molecule has 1 N–H and O–H groups in total. The van der Waals surface area contributed by atoms with Crippen LogP contribution in [0.15, 0.2) is 42.7 Å². The highest BCUT2D eigenvalue weighted by Crippen LogP contribution is 2.48. The summed E-state index contributed by atoms with van der Waals surface area (Å²) < 4.78 is 104. The first-order valence-electron chi connectivity index (χ1n) is 12.3. The van der Waals surface area contributed by atoms with Crippen LogP contribution in [0, 0.1) is 0 Å². The summed E-state index contributed by atoms with van der Waals surface area (Å²) in [5.74, 6) is -5.89. The Morgan fingerprint density at radius 2 is 1.80 bits per heavy atom. The Balaban J connectivity index is 1.52. The van der Waals surface area contributed by atoms with Crippen LogP contribution in [0.4, 0.5) is 42.1 Å². The molecule has 1 amide bonds. The fraction of sp³-hybridized carbons (Fsp3) is 0.423. The molecule has 14 heteroatoms. The zero-order valence-corrected chi connectivity index (χ0v) is 21.6. The fourth-order valence-corrected chi connectivity index (χ4v) is 5.19. The van der Waals surface area contributed by atoms with E-state index in [1.165, 1.54) is 37.2 Å². The standard InChI is InChI=1S/C26H25F7N6O/c1-24(28,25(29,30)23-36-35-13-37(23)2)14-5-4-6-15(7-14)39-12-18-17(22(39)40)8-16(9-19(18)26(31,32)33)38(3)21-11-34-10-20(21)27/h4-9,13,20-21,34H,10-12H2,1-3H3/t20-,21-,24+/m0/s1. The molecule has 3 heterocycles. The van der Waals surface area contributed by atoms with Gasteiger partial charge in [0.1, 0.15) is 12.5 Å². The van der Waals surface area contributed by atoms with Gasteiger partial charge in [-0.25, -0.2) is 8.78 Å². The number of likely N-dealkylation sites (N-methyl/N-ethyl adjacent to an activating group) is 1. The summed E-state index contributed by atoms with van der Waals surface area (Å²) in [6.07, 6.45) is -5.16. The number of fused-ring (bicyclic) bond motifs is 1. The molecule has 0 saturated carbocycles. The monoisotopic (exact) mass is 570 g/mol. The van der Waals surface area contributed by atoms with Crippen molar-refractivity contribution in [1.29, 1.82) is 0 Å². The molecule has 1 saturated heterocycles. The molecule has 0 bridgehead atoms. The molecule has 2 aliphatic heterocycles. The number of hydrogen-bond acceptors (Lipinski definition) is 5. The number of aromatic nitrogens is 3. The number of alkyl halides is 7. The number of nitrogens with zero attached hydrogens (tertiary/aromatic N) is 5. The van der Waals surface area contributed by atoms with Crippen molar-refractivity contribution in [3.63, 3.8) is 0 Å². The Morgan fingerprint density at radius 1 is 1.07 bits per heavy atom. The molecule has 1 aromatic heterocycles. The summed E-state index contributed by atoms with van der Waals surface area (Å²) in [4.78, 5) is 15.7. The molecular weight excluding hydrogens is 545 g/mol. The average Bonchev–Trinajstić information content (AvgIpc) is 3.61. The van der Waals surface area contributed by atoms with Crippen LogP contribution >= 0.6 is 0 Å². The highest BCUT2D eigenvalue weighted by molar-refractivity contribution is 6.11. The molecule has 0 aliphatic carbocycles. The first-order chi connectivity index (χ1) is 18.6. The van der Waals surface area contributed by atoms with Crippen molar-refractivity contribution in [2.45, 2.75) is 43.4 Å². The minimum atomic E-state index is -4.84. The van der Waals surface area contributed by atoms with E-state index in [1.807, 2.05) is 0 Å². The average molecular weight is 571 g/mol. The van der Waals surface area contributed by atoms with Crippen LogP contribution in [0.2, 0.25) is 0 Å². The van der Waals surface area contributed by atoms with Gasteiger partial charge < -0.3 is 19.7 Å². The minimum absolute atomic E-state index is 0.00558. The molecule has 3 aromatic rings. The fourth-order valence-electron chi connectivity index (χ4n) is 5.19. The van der Waals surface area contributed by atoms with Gasteiger partial charge in [-0.15, -0.1) is 10.2 Å². The summed E-state index contributed by atoms with van der Waals surface area (Å²) in [6, 6.07) is 6.07. The predicted molar refractivity (Wildman–Crippen MR) is 132 cm³/mol. The van der Waals surface area contributed by atoms with Crippen molar-refractivity contribution in [2.24, 2.45) is 7.05 Å². The van der Waals surface area contributed by atoms with Crippen molar-refractivity contribution in [3.05, 3.63) is 70.8 Å². The van der Waals surface area contributed by atoms with Crippen molar-refractivity contribution >= 4 is 17.3 Å². The number of amides is 1. The van der Waals surface area contributed by atoms with E-state index in [9.17, 15) is 22.4 Å². The Labute approximate surface area is 224 Å². The van der Waals surface area contributed by atoms with Gasteiger partial charge in [0.2, 0.25) is 11.5 Å². The second-order valence-corrected chi connectivity index (χ2v) is 10.2. The van der Waals surface area contributed by atoms with E-state index < -0.39 is 59.4 Å². The van der Waals surface area contributed by atoms with Crippen LogP contribution in [-0.2, 0) is 31.4 Å². The predicted octanol–water partition coefficient (Wildman–Crippen LogP) is 4.72. The molecule has 0 spiro atoms. The normalized spacial score (nSPS) is 21.1. The Kier molecular flexibility index (Phi) is 6.59. The van der Waals surface area contributed by atoms with E-state index in [0.29, 0.717) is 6.92 Å². The van der Waals surface area contributed by atoms with Gasteiger partial charge in [0.25, 0.3) is 5.91 Å². The topological polar surface area (TPSA) is 66.3 Å². The van der Waals surface area contributed by atoms with E-state index in [4.69, 9.17) is 0 Å². The number of nitrogens with one attached hydrogen (secondary N) is 1. The number of aryl methyl sites for hydroxylation is 1. The summed E-state index contributed by atoms with van der Waals surface area (Å²) in [5, 5.41) is 9.55. The largest absolute Gasteiger partial charge is 0.416 e. The van der Waals surface area contributed by atoms with Crippen molar-refractivity contribution in [2.75, 3.05) is 29.9 Å². The van der Waals surface area contributed by atoms with Crippen LogP contribution < -0.4 is 15.1 Å². The maximum Gasteiger partial charge on any atom is 0.416 e. The van der Waals surface area contributed by atoms with Crippen LogP contribution in [0.1, 0.15) is 39.8 Å². The van der Waals surface area contributed by atoms with Crippen LogP contribution in [0.3, 0.4) is 0 Å². The van der Waals surface area contributed by atoms with E-state index in [1.54, 1.807) is 0 Å². The molecule has 0 radical (unpaired) electrons. The van der Waals surface area contributed by atoms with Crippen molar-refractivity contribution < 1.29 is 35.5 Å². The lowest BCUT2D eigenvalue weighted by Crippen LogP contribution is -2.39. The quantitative estimate of drug-likeness (QED) is 0.435. The van der Waals surface area contributed by atoms with Gasteiger partial charge in [0.15, 0.2) is 0 Å². The summed E-state index contributed by atoms with van der Waals surface area (Å²) in [7, 11) is 2.68. The lowest BCUT2D eigenvalue weighted by Gasteiger charge is -2.30. The van der Waals surface area contributed by atoms with Gasteiger partial charge in [-0.1, -0.05) is 12.1 Å². The van der Waals surface area contributed by atoms with Gasteiger partial charge in [0.05, 0.1) is 18.2 Å². The molecule has 5 rings (SSSR count). The summed E-state index contributed by atoms with van der Waals surface area (Å²) >= 11 is 0. The molecule has 0 unspecified atom stereocenters. The highest BCUT2D eigenvalue weighted by atomic mass is 19.4. The molecule has 2 aromatic carbocycles. The van der Waals surface area contributed by atoms with E-state index in [0.717, 1.165) is 34.0 Å². The third-order valence-electron chi connectivity index (χ3n) is 7.63. The zero-order valence-electron chi connectivity index (χ0n) is 21.6. The maximum absolute atomic E-state index is 15.8. The number of benzene rings is 2. The number of halogens is 7. The molecule has 2 aliphatic rings.